The van der Waals surface area contributed by atoms with Gasteiger partial charge >= 0.3 is 5.97 Å². The third kappa shape index (κ3) is 3.54. The van der Waals surface area contributed by atoms with Crippen molar-refractivity contribution in [3.63, 3.8) is 0 Å². The van der Waals surface area contributed by atoms with Crippen LogP contribution in [0.25, 0.3) is 0 Å². The Morgan fingerprint density at radius 1 is 1.24 bits per heavy atom. The molecule has 0 heterocycles. The number of aryl methyl sites for hydroxylation is 1. The molecule has 0 aliphatic heterocycles. The van der Waals surface area contributed by atoms with E-state index in [0.29, 0.717) is 0 Å². The molecule has 0 radical (unpaired) electrons. The van der Waals surface area contributed by atoms with Gasteiger partial charge < -0.3 is 14.9 Å². The van der Waals surface area contributed by atoms with Crippen molar-refractivity contribution >= 4 is 5.97 Å². The van der Waals surface area contributed by atoms with Crippen LogP contribution in [0.15, 0.2) is 24.3 Å². The predicted molar refractivity (Wildman–Crippen MR) is 63.3 cm³/mol. The van der Waals surface area contributed by atoms with Crippen LogP contribution in [0.4, 0.5) is 0 Å². The molecule has 0 amide bonds. The number of hydrogen-bond acceptors (Lipinski definition) is 4. The highest BCUT2D eigenvalue weighted by Crippen LogP contribution is 2.17. The van der Waals surface area contributed by atoms with E-state index in [1.165, 1.54) is 6.92 Å². The van der Waals surface area contributed by atoms with E-state index in [-0.39, 0.29) is 6.61 Å². The zero-order valence-electron chi connectivity index (χ0n) is 10.1. The van der Waals surface area contributed by atoms with E-state index in [1.807, 2.05) is 31.2 Å². The standard InChI is InChI=1S/C13H18O4/c1-10-3-5-11(6-4-10)7-17-12(16)13(2,8-14)9-15/h3-6,14-15H,7-9H2,1-2H3. The zero-order chi connectivity index (χ0) is 12.9. The summed E-state index contributed by atoms with van der Waals surface area (Å²) >= 11 is 0. The molecule has 1 aromatic rings. The van der Waals surface area contributed by atoms with E-state index in [0.717, 1.165) is 11.1 Å². The van der Waals surface area contributed by atoms with Gasteiger partial charge in [-0.15, -0.1) is 0 Å². The van der Waals surface area contributed by atoms with Gasteiger partial charge in [-0.1, -0.05) is 29.8 Å². The smallest absolute Gasteiger partial charge is 0.316 e. The second kappa shape index (κ2) is 5.80. The van der Waals surface area contributed by atoms with Crippen LogP contribution in [0.2, 0.25) is 0 Å². The molecule has 0 bridgehead atoms. The van der Waals surface area contributed by atoms with Crippen molar-refractivity contribution in [3.05, 3.63) is 35.4 Å². The molecule has 0 fully saturated rings. The van der Waals surface area contributed by atoms with Crippen LogP contribution in [0.3, 0.4) is 0 Å². The van der Waals surface area contributed by atoms with Crippen LogP contribution < -0.4 is 0 Å². The van der Waals surface area contributed by atoms with Gasteiger partial charge in [0.05, 0.1) is 13.2 Å². The summed E-state index contributed by atoms with van der Waals surface area (Å²) < 4.78 is 5.06. The van der Waals surface area contributed by atoms with Gasteiger partial charge in [-0.2, -0.15) is 0 Å². The van der Waals surface area contributed by atoms with E-state index in [9.17, 15) is 4.79 Å². The van der Waals surface area contributed by atoms with Gasteiger partial charge in [0, 0.05) is 0 Å². The number of aliphatic hydroxyl groups excluding tert-OH is 2. The molecule has 0 atom stereocenters. The average molecular weight is 238 g/mol. The highest BCUT2D eigenvalue weighted by molar-refractivity contribution is 5.76. The largest absolute Gasteiger partial charge is 0.460 e. The van der Waals surface area contributed by atoms with Crippen molar-refractivity contribution in [3.8, 4) is 0 Å². The summed E-state index contributed by atoms with van der Waals surface area (Å²) in [5.74, 6) is -0.594. The quantitative estimate of drug-likeness (QED) is 0.752. The van der Waals surface area contributed by atoms with Crippen molar-refractivity contribution in [2.45, 2.75) is 20.5 Å². The monoisotopic (exact) mass is 238 g/mol. The summed E-state index contributed by atoms with van der Waals surface area (Å²) in [5.41, 5.74) is 0.780. The Kier molecular flexibility index (Phi) is 4.66. The van der Waals surface area contributed by atoms with Crippen molar-refractivity contribution < 1.29 is 19.7 Å². The first-order valence-corrected chi connectivity index (χ1v) is 5.46. The number of carbonyl (C=O) groups excluding carboxylic acids is 1. The molecule has 4 nitrogen and oxygen atoms in total. The molecule has 0 aromatic heterocycles. The molecule has 94 valence electrons. The zero-order valence-corrected chi connectivity index (χ0v) is 10.1. The van der Waals surface area contributed by atoms with Crippen LogP contribution in [0.5, 0.6) is 0 Å². The summed E-state index contributed by atoms with van der Waals surface area (Å²) in [4.78, 5) is 11.6. The fraction of sp³-hybridized carbons (Fsp3) is 0.462. The molecule has 0 spiro atoms. The lowest BCUT2D eigenvalue weighted by Crippen LogP contribution is -2.36. The maximum Gasteiger partial charge on any atom is 0.316 e. The molecule has 1 aromatic carbocycles. The van der Waals surface area contributed by atoms with Crippen LogP contribution in [0.1, 0.15) is 18.1 Å². The number of hydrogen-bond donors (Lipinski definition) is 2. The summed E-state index contributed by atoms with van der Waals surface area (Å²) in [6.45, 7) is 2.72. The fourth-order valence-corrected chi connectivity index (χ4v) is 1.19. The Morgan fingerprint density at radius 2 is 1.76 bits per heavy atom. The molecule has 17 heavy (non-hydrogen) atoms. The van der Waals surface area contributed by atoms with Crippen LogP contribution in [-0.4, -0.2) is 29.4 Å². The summed E-state index contributed by atoms with van der Waals surface area (Å²) in [6.07, 6.45) is 0. The van der Waals surface area contributed by atoms with Crippen molar-refractivity contribution in [1.82, 2.24) is 0 Å². The lowest BCUT2D eigenvalue weighted by Gasteiger charge is -2.22. The fourth-order valence-electron chi connectivity index (χ4n) is 1.19. The van der Waals surface area contributed by atoms with Gasteiger partial charge in [-0.25, -0.2) is 0 Å². The summed E-state index contributed by atoms with van der Waals surface area (Å²) in [5, 5.41) is 18.1. The molecule has 0 aliphatic carbocycles. The highest BCUT2D eigenvalue weighted by atomic mass is 16.5. The minimum absolute atomic E-state index is 0.148. The van der Waals surface area contributed by atoms with E-state index >= 15 is 0 Å². The molecule has 0 saturated heterocycles. The van der Waals surface area contributed by atoms with Crippen LogP contribution >= 0.6 is 0 Å². The minimum Gasteiger partial charge on any atom is -0.460 e. The number of benzene rings is 1. The number of ether oxygens (including phenoxy) is 1. The first kappa shape index (κ1) is 13.7. The van der Waals surface area contributed by atoms with Crippen molar-refractivity contribution in [2.24, 2.45) is 5.41 Å². The number of aliphatic hydroxyl groups is 2. The Morgan fingerprint density at radius 3 is 2.24 bits per heavy atom. The number of rotatable bonds is 5. The van der Waals surface area contributed by atoms with Crippen molar-refractivity contribution in [1.29, 1.82) is 0 Å². The molecular weight excluding hydrogens is 220 g/mol. The topological polar surface area (TPSA) is 66.8 Å². The summed E-state index contributed by atoms with van der Waals surface area (Å²) in [7, 11) is 0. The van der Waals surface area contributed by atoms with Crippen molar-refractivity contribution in [2.75, 3.05) is 13.2 Å². The molecule has 1 rings (SSSR count). The number of carbonyl (C=O) groups is 1. The molecular formula is C13H18O4. The molecule has 4 heteroatoms. The lowest BCUT2D eigenvalue weighted by atomic mass is 9.93. The third-order valence-electron chi connectivity index (χ3n) is 2.68. The highest BCUT2D eigenvalue weighted by Gasteiger charge is 2.33. The van der Waals surface area contributed by atoms with Crippen LogP contribution in [-0.2, 0) is 16.1 Å². The first-order chi connectivity index (χ1) is 8.01. The third-order valence-corrected chi connectivity index (χ3v) is 2.68. The molecule has 0 saturated carbocycles. The molecule has 0 unspecified atom stereocenters. The van der Waals surface area contributed by atoms with Gasteiger partial charge in [0.2, 0.25) is 0 Å². The van der Waals surface area contributed by atoms with E-state index in [2.05, 4.69) is 0 Å². The van der Waals surface area contributed by atoms with E-state index < -0.39 is 24.6 Å². The predicted octanol–water partition coefficient (Wildman–Crippen LogP) is 1.03. The van der Waals surface area contributed by atoms with Gasteiger partial charge in [0.15, 0.2) is 0 Å². The summed E-state index contributed by atoms with van der Waals surface area (Å²) in [6, 6.07) is 7.61. The SMILES string of the molecule is Cc1ccc(COC(=O)C(C)(CO)CO)cc1. The Hall–Kier alpha value is -1.39. The van der Waals surface area contributed by atoms with Crippen LogP contribution in [0, 0.1) is 12.3 Å². The second-order valence-electron chi connectivity index (χ2n) is 4.44. The van der Waals surface area contributed by atoms with E-state index in [4.69, 9.17) is 14.9 Å². The minimum atomic E-state index is -1.23. The van der Waals surface area contributed by atoms with Gasteiger partial charge in [0.25, 0.3) is 0 Å². The maximum atomic E-state index is 11.6. The number of esters is 1. The second-order valence-corrected chi connectivity index (χ2v) is 4.44. The Bertz CT molecular complexity index is 366. The van der Waals surface area contributed by atoms with Gasteiger partial charge in [-0.3, -0.25) is 4.79 Å². The maximum absolute atomic E-state index is 11.6. The Balaban J connectivity index is 2.56. The Labute approximate surface area is 101 Å². The van der Waals surface area contributed by atoms with Gasteiger partial charge in [-0.05, 0) is 19.4 Å². The van der Waals surface area contributed by atoms with E-state index in [1.54, 1.807) is 0 Å². The molecule has 0 aliphatic rings. The average Bonchev–Trinajstić information content (AvgIpc) is 2.36. The first-order valence-electron chi connectivity index (χ1n) is 5.46. The molecule has 2 N–H and O–H groups in total. The van der Waals surface area contributed by atoms with Gasteiger partial charge in [0.1, 0.15) is 12.0 Å². The lowest BCUT2D eigenvalue weighted by molar-refractivity contribution is -0.161. The normalized spacial score (nSPS) is 11.3.